The number of aromatic nitrogens is 2. The predicted octanol–water partition coefficient (Wildman–Crippen LogP) is 6.78. The highest BCUT2D eigenvalue weighted by molar-refractivity contribution is 6.42. The summed E-state index contributed by atoms with van der Waals surface area (Å²) >= 11 is 18.1. The molecule has 3 heterocycles. The number of carbonyl (C=O) groups is 1. The molecule has 2 atom stereocenters. The van der Waals surface area contributed by atoms with E-state index in [1.807, 2.05) is 6.07 Å². The molecule has 0 saturated carbocycles. The van der Waals surface area contributed by atoms with Gasteiger partial charge in [0, 0.05) is 37.5 Å². The number of carbonyl (C=O) groups excluding carboxylic acids is 1. The molecule has 1 amide bonds. The van der Waals surface area contributed by atoms with E-state index in [1.165, 1.54) is 12.3 Å². The van der Waals surface area contributed by atoms with Crippen LogP contribution in [0.1, 0.15) is 33.8 Å². The number of ether oxygens (including phenoxy) is 1. The number of amides is 1. The lowest BCUT2D eigenvalue weighted by atomic mass is 9.87. The van der Waals surface area contributed by atoms with Crippen LogP contribution in [-0.4, -0.2) is 40.5 Å². The van der Waals surface area contributed by atoms with Crippen molar-refractivity contribution in [3.8, 4) is 5.88 Å². The van der Waals surface area contributed by atoms with Crippen LogP contribution in [0.5, 0.6) is 5.88 Å². The number of hydrogen-bond acceptors (Lipinski definition) is 4. The van der Waals surface area contributed by atoms with Crippen LogP contribution in [0.4, 0.5) is 13.2 Å². The molecular formula is C24H19Cl3F3N3O2. The molecule has 4 rings (SSSR count). The first-order valence-electron chi connectivity index (χ1n) is 10.6. The van der Waals surface area contributed by atoms with E-state index in [0.29, 0.717) is 40.3 Å². The van der Waals surface area contributed by atoms with Crippen LogP contribution in [0.3, 0.4) is 0 Å². The van der Waals surface area contributed by atoms with Crippen LogP contribution in [0.15, 0.2) is 54.9 Å². The van der Waals surface area contributed by atoms with Gasteiger partial charge in [0.1, 0.15) is 5.15 Å². The van der Waals surface area contributed by atoms with Gasteiger partial charge in [-0.05, 0) is 48.2 Å². The highest BCUT2D eigenvalue weighted by Crippen LogP contribution is 2.38. The highest BCUT2D eigenvalue weighted by atomic mass is 35.5. The molecule has 1 fully saturated rings. The molecule has 2 unspecified atom stereocenters. The van der Waals surface area contributed by atoms with Gasteiger partial charge in [-0.3, -0.25) is 4.79 Å². The van der Waals surface area contributed by atoms with Gasteiger partial charge in [0.15, 0.2) is 0 Å². The van der Waals surface area contributed by atoms with Crippen molar-refractivity contribution in [1.82, 2.24) is 14.9 Å². The first kappa shape index (κ1) is 25.5. The van der Waals surface area contributed by atoms with Gasteiger partial charge in [0.2, 0.25) is 5.88 Å². The van der Waals surface area contributed by atoms with Crippen molar-refractivity contribution >= 4 is 40.7 Å². The number of halogens is 6. The van der Waals surface area contributed by atoms with Crippen molar-refractivity contribution in [2.75, 3.05) is 19.7 Å². The summed E-state index contributed by atoms with van der Waals surface area (Å²) in [6, 6.07) is 10.7. The third-order valence-electron chi connectivity index (χ3n) is 5.88. The zero-order valence-electron chi connectivity index (χ0n) is 18.1. The fraction of sp³-hybridized carbons (Fsp3) is 0.292. The molecule has 0 radical (unpaired) electrons. The van der Waals surface area contributed by atoms with Crippen molar-refractivity contribution < 1.29 is 22.7 Å². The Bertz CT molecular complexity index is 1190. The topological polar surface area (TPSA) is 55.3 Å². The minimum Gasteiger partial charge on any atom is -0.478 e. The summed E-state index contributed by atoms with van der Waals surface area (Å²) in [5.74, 6) is -0.113. The Labute approximate surface area is 214 Å². The maximum absolute atomic E-state index is 13.1. The van der Waals surface area contributed by atoms with Crippen LogP contribution in [0.25, 0.3) is 0 Å². The average Bonchev–Trinajstić information content (AvgIpc) is 3.25. The summed E-state index contributed by atoms with van der Waals surface area (Å²) in [6.07, 6.45) is -1.75. The van der Waals surface area contributed by atoms with Gasteiger partial charge >= 0.3 is 6.18 Å². The number of rotatable bonds is 6. The number of pyridine rings is 2. The van der Waals surface area contributed by atoms with E-state index in [4.69, 9.17) is 39.5 Å². The van der Waals surface area contributed by atoms with E-state index >= 15 is 0 Å². The molecule has 0 bridgehead atoms. The molecule has 35 heavy (non-hydrogen) atoms. The minimum atomic E-state index is -4.46. The third kappa shape index (κ3) is 6.18. The van der Waals surface area contributed by atoms with Crippen LogP contribution in [-0.2, 0) is 6.18 Å². The molecule has 2 aromatic heterocycles. The summed E-state index contributed by atoms with van der Waals surface area (Å²) < 4.78 is 43.8. The molecule has 3 aromatic rings. The van der Waals surface area contributed by atoms with Crippen LogP contribution in [0.2, 0.25) is 15.2 Å². The Hall–Kier alpha value is -2.55. The molecule has 1 saturated heterocycles. The maximum atomic E-state index is 13.1. The second-order valence-corrected chi connectivity index (χ2v) is 9.34. The van der Waals surface area contributed by atoms with Gasteiger partial charge in [-0.2, -0.15) is 13.2 Å². The monoisotopic (exact) mass is 543 g/mol. The van der Waals surface area contributed by atoms with E-state index in [2.05, 4.69) is 9.97 Å². The number of benzene rings is 1. The van der Waals surface area contributed by atoms with Crippen molar-refractivity contribution in [3.05, 3.63) is 86.7 Å². The lowest BCUT2D eigenvalue weighted by Crippen LogP contribution is -2.29. The first-order valence-corrected chi connectivity index (χ1v) is 11.8. The van der Waals surface area contributed by atoms with Gasteiger partial charge < -0.3 is 9.64 Å². The number of nitrogens with zero attached hydrogens (tertiary/aromatic N) is 3. The fourth-order valence-corrected chi connectivity index (χ4v) is 4.50. The molecule has 11 heteroatoms. The molecule has 1 aromatic carbocycles. The first-order chi connectivity index (χ1) is 16.6. The van der Waals surface area contributed by atoms with Gasteiger partial charge in [-0.1, -0.05) is 40.9 Å². The smallest absolute Gasteiger partial charge is 0.417 e. The van der Waals surface area contributed by atoms with Crippen LogP contribution >= 0.6 is 34.8 Å². The number of hydrogen-bond donors (Lipinski definition) is 0. The van der Waals surface area contributed by atoms with Gasteiger partial charge in [0.05, 0.1) is 27.8 Å². The van der Waals surface area contributed by atoms with Crippen molar-refractivity contribution in [1.29, 1.82) is 0 Å². The molecule has 184 valence electrons. The normalized spacial score (nSPS) is 18.1. The zero-order valence-corrected chi connectivity index (χ0v) is 20.4. The molecule has 0 spiro atoms. The number of alkyl halides is 3. The van der Waals surface area contributed by atoms with Crippen molar-refractivity contribution in [3.63, 3.8) is 0 Å². The Kier molecular flexibility index (Phi) is 7.73. The molecular weight excluding hydrogens is 526 g/mol. The van der Waals surface area contributed by atoms with Gasteiger partial charge in [-0.15, -0.1) is 0 Å². The van der Waals surface area contributed by atoms with Gasteiger partial charge in [0.25, 0.3) is 5.91 Å². The fourth-order valence-electron chi connectivity index (χ4n) is 4.08. The predicted molar refractivity (Wildman–Crippen MR) is 127 cm³/mol. The Morgan fingerprint density at radius 2 is 1.80 bits per heavy atom. The van der Waals surface area contributed by atoms with Crippen LogP contribution in [0, 0.1) is 5.92 Å². The lowest BCUT2D eigenvalue weighted by Gasteiger charge is -2.19. The van der Waals surface area contributed by atoms with Crippen molar-refractivity contribution in [2.45, 2.75) is 18.5 Å². The molecule has 1 aliphatic heterocycles. The SMILES string of the molecule is O=C(c1ccc(Cl)nc1)N1CC(CCOc2ccc(C(F)(F)F)cn2)C(c2ccc(Cl)c(Cl)c2)C1. The van der Waals surface area contributed by atoms with Gasteiger partial charge in [-0.25, -0.2) is 9.97 Å². The third-order valence-corrected chi connectivity index (χ3v) is 6.84. The van der Waals surface area contributed by atoms with Crippen molar-refractivity contribution in [2.24, 2.45) is 5.92 Å². The Morgan fingerprint density at radius 3 is 2.43 bits per heavy atom. The van der Waals surface area contributed by atoms with E-state index in [-0.39, 0.29) is 30.2 Å². The second-order valence-electron chi connectivity index (χ2n) is 8.14. The van der Waals surface area contributed by atoms with E-state index < -0.39 is 11.7 Å². The number of likely N-dealkylation sites (tertiary alicyclic amines) is 1. The summed E-state index contributed by atoms with van der Waals surface area (Å²) in [7, 11) is 0. The highest BCUT2D eigenvalue weighted by Gasteiger charge is 2.37. The van der Waals surface area contributed by atoms with E-state index in [1.54, 1.807) is 29.2 Å². The molecule has 0 aliphatic carbocycles. The summed E-state index contributed by atoms with van der Waals surface area (Å²) in [4.78, 5) is 22.5. The second kappa shape index (κ2) is 10.6. The average molecular weight is 545 g/mol. The Balaban J connectivity index is 1.47. The largest absolute Gasteiger partial charge is 0.478 e. The summed E-state index contributed by atoms with van der Waals surface area (Å²) in [5.41, 5.74) is 0.515. The van der Waals surface area contributed by atoms with E-state index in [9.17, 15) is 18.0 Å². The standard InChI is InChI=1S/C24H19Cl3F3N3O2/c25-19-4-1-14(9-20(19)26)18-13-33(23(34)15-2-5-21(27)31-10-15)12-16(18)7-8-35-22-6-3-17(11-32-22)24(28,29)30/h1-6,9-11,16,18H,7-8,12-13H2. The molecule has 5 nitrogen and oxygen atoms in total. The molecule has 1 aliphatic rings. The lowest BCUT2D eigenvalue weighted by molar-refractivity contribution is -0.137. The quantitative estimate of drug-likeness (QED) is 0.321. The summed E-state index contributed by atoms with van der Waals surface area (Å²) in [6.45, 7) is 1.12. The minimum absolute atomic E-state index is 0.00546. The summed E-state index contributed by atoms with van der Waals surface area (Å²) in [5, 5.41) is 1.14. The maximum Gasteiger partial charge on any atom is 0.417 e. The van der Waals surface area contributed by atoms with Crippen LogP contribution < -0.4 is 4.74 Å². The molecule has 0 N–H and O–H groups in total. The zero-order chi connectivity index (χ0) is 25.2. The van der Waals surface area contributed by atoms with E-state index in [0.717, 1.165) is 17.8 Å². The Morgan fingerprint density at radius 1 is 1.00 bits per heavy atom.